The summed E-state index contributed by atoms with van der Waals surface area (Å²) >= 11 is 1.36. The second-order valence-electron chi connectivity index (χ2n) is 7.52. The highest BCUT2D eigenvalue weighted by Crippen LogP contribution is 2.41. The summed E-state index contributed by atoms with van der Waals surface area (Å²) in [7, 11) is -3.07. The smallest absolute Gasteiger partial charge is 0.398 e. The van der Waals surface area contributed by atoms with Crippen LogP contribution in [0.1, 0.15) is 35.7 Å². The lowest BCUT2D eigenvalue weighted by atomic mass is 9.99. The van der Waals surface area contributed by atoms with E-state index in [2.05, 4.69) is 29.5 Å². The van der Waals surface area contributed by atoms with E-state index in [9.17, 15) is 13.2 Å². The number of hydrogen-bond donors (Lipinski definition) is 2. The van der Waals surface area contributed by atoms with Gasteiger partial charge >= 0.3 is 6.09 Å². The number of thiol groups is 1. The third kappa shape index (κ3) is 5.48. The first-order valence-corrected chi connectivity index (χ1v) is 11.6. The molecular formula is C21H25N3O4S2. The van der Waals surface area contributed by atoms with E-state index in [1.54, 1.807) is 10.9 Å². The number of thiophene rings is 1. The Morgan fingerprint density at radius 1 is 1.23 bits per heavy atom. The van der Waals surface area contributed by atoms with E-state index in [4.69, 9.17) is 4.74 Å². The van der Waals surface area contributed by atoms with Crippen molar-refractivity contribution in [2.45, 2.75) is 40.7 Å². The predicted molar refractivity (Wildman–Crippen MR) is 119 cm³/mol. The molecular weight excluding hydrogens is 422 g/mol. The number of benzene rings is 1. The van der Waals surface area contributed by atoms with Crippen LogP contribution < -0.4 is 9.46 Å². The van der Waals surface area contributed by atoms with Gasteiger partial charge in [-0.25, -0.2) is 22.9 Å². The van der Waals surface area contributed by atoms with Gasteiger partial charge in [0.25, 0.3) is 0 Å². The molecule has 2 aromatic heterocycles. The Bertz CT molecular complexity index is 1120. The van der Waals surface area contributed by atoms with Gasteiger partial charge in [-0.2, -0.15) is 0 Å². The fourth-order valence-electron chi connectivity index (χ4n) is 3.27. The molecule has 0 saturated heterocycles. The van der Waals surface area contributed by atoms with E-state index in [0.717, 1.165) is 45.9 Å². The van der Waals surface area contributed by atoms with Crippen LogP contribution in [0.2, 0.25) is 0 Å². The zero-order chi connectivity index (χ0) is 21.8. The Hall–Kier alpha value is -2.65. The minimum absolute atomic E-state index is 0.390. The van der Waals surface area contributed by atoms with E-state index in [1.807, 2.05) is 38.2 Å². The van der Waals surface area contributed by atoms with Gasteiger partial charge in [0.2, 0.25) is 10.9 Å². The number of rotatable bonds is 7. The van der Waals surface area contributed by atoms with Crippen molar-refractivity contribution in [2.24, 2.45) is 5.92 Å². The number of aryl methyl sites for hydroxylation is 2. The average molecular weight is 448 g/mol. The molecule has 0 spiro atoms. The third-order valence-electron chi connectivity index (χ3n) is 4.58. The summed E-state index contributed by atoms with van der Waals surface area (Å²) in [6.07, 6.45) is 3.56. The fraction of sp³-hybridized carbons (Fsp3) is 0.333. The minimum atomic E-state index is -3.07. The van der Waals surface area contributed by atoms with Crippen molar-refractivity contribution in [3.8, 4) is 16.2 Å². The van der Waals surface area contributed by atoms with Crippen LogP contribution in [0.3, 0.4) is 0 Å². The Labute approximate surface area is 181 Å². The lowest BCUT2D eigenvalue weighted by molar-refractivity contribution is 0.208. The van der Waals surface area contributed by atoms with Gasteiger partial charge in [-0.05, 0) is 48.9 Å². The fourth-order valence-corrected chi connectivity index (χ4v) is 4.69. The molecule has 1 N–H and O–H groups in total. The normalized spacial score (nSPS) is 11.3. The molecule has 0 aliphatic carbocycles. The zero-order valence-corrected chi connectivity index (χ0v) is 19.0. The highest BCUT2D eigenvalue weighted by Gasteiger charge is 2.18. The van der Waals surface area contributed by atoms with Gasteiger partial charge in [0, 0.05) is 29.4 Å². The van der Waals surface area contributed by atoms with Crippen LogP contribution in [-0.2, 0) is 23.9 Å². The SMILES string of the molecule is Cc1cc(Cn2ccnc2C)ccc1-c1cc(CC(C)C)sc1OC(=O)N[SH](=O)=O. The highest BCUT2D eigenvalue weighted by molar-refractivity contribution is 7.70. The molecule has 3 rings (SSSR count). The van der Waals surface area contributed by atoms with Crippen molar-refractivity contribution in [3.05, 3.63) is 58.5 Å². The van der Waals surface area contributed by atoms with Gasteiger partial charge in [-0.3, -0.25) is 0 Å². The number of carbonyl (C=O) groups is 1. The van der Waals surface area contributed by atoms with Crippen molar-refractivity contribution in [1.82, 2.24) is 14.3 Å². The molecule has 3 aromatic rings. The topological polar surface area (TPSA) is 90.3 Å². The van der Waals surface area contributed by atoms with Gasteiger partial charge in [-0.1, -0.05) is 32.0 Å². The monoisotopic (exact) mass is 447 g/mol. The molecule has 2 heterocycles. The van der Waals surface area contributed by atoms with Gasteiger partial charge in [-0.15, -0.1) is 11.3 Å². The summed E-state index contributed by atoms with van der Waals surface area (Å²) in [6, 6.07) is 8.18. The maximum Gasteiger partial charge on any atom is 0.426 e. The number of aromatic nitrogens is 2. The number of carbonyl (C=O) groups excluding carboxylic acids is 1. The predicted octanol–water partition coefficient (Wildman–Crippen LogP) is 4.09. The summed E-state index contributed by atoms with van der Waals surface area (Å²) < 4.78 is 30.7. The molecule has 0 radical (unpaired) electrons. The summed E-state index contributed by atoms with van der Waals surface area (Å²) in [5, 5.41) is 0.390. The van der Waals surface area contributed by atoms with Gasteiger partial charge in [0.1, 0.15) is 5.82 Å². The number of amides is 1. The number of imidazole rings is 1. The molecule has 0 saturated carbocycles. The molecule has 0 aliphatic rings. The molecule has 9 heteroatoms. The molecule has 0 bridgehead atoms. The van der Waals surface area contributed by atoms with Crippen LogP contribution in [0, 0.1) is 19.8 Å². The lowest BCUT2D eigenvalue weighted by Gasteiger charge is -2.11. The average Bonchev–Trinajstić information content (AvgIpc) is 3.20. The summed E-state index contributed by atoms with van der Waals surface area (Å²) in [6.45, 7) is 8.93. The summed E-state index contributed by atoms with van der Waals surface area (Å²) in [5.74, 6) is 1.39. The summed E-state index contributed by atoms with van der Waals surface area (Å²) in [5.41, 5.74) is 3.91. The summed E-state index contributed by atoms with van der Waals surface area (Å²) in [4.78, 5) is 17.2. The van der Waals surface area contributed by atoms with E-state index >= 15 is 0 Å². The molecule has 0 fully saturated rings. The maximum atomic E-state index is 11.9. The second-order valence-corrected chi connectivity index (χ2v) is 9.36. The van der Waals surface area contributed by atoms with E-state index < -0.39 is 17.0 Å². The molecule has 0 aliphatic heterocycles. The van der Waals surface area contributed by atoms with E-state index in [-0.39, 0.29) is 0 Å². The standard InChI is InChI=1S/C21H25N3O4S2/c1-13(2)9-17-11-19(20(29-17)28-21(25)23-30(26)27)18-6-5-16(10-14(18)3)12-24-8-7-22-15(24)4/h5-8,10-11,13,30H,9,12H2,1-4H3,(H,23,25,26,27). The number of nitrogens with one attached hydrogen (secondary N) is 1. The van der Waals surface area contributed by atoms with Crippen LogP contribution in [0.25, 0.3) is 11.1 Å². The van der Waals surface area contributed by atoms with Crippen molar-refractivity contribution in [1.29, 1.82) is 0 Å². The van der Waals surface area contributed by atoms with Crippen molar-refractivity contribution in [2.75, 3.05) is 0 Å². The van der Waals surface area contributed by atoms with Gasteiger partial charge < -0.3 is 9.30 Å². The first-order valence-electron chi connectivity index (χ1n) is 9.56. The Morgan fingerprint density at radius 3 is 2.60 bits per heavy atom. The Balaban J connectivity index is 1.93. The van der Waals surface area contributed by atoms with Crippen molar-refractivity contribution < 1.29 is 17.9 Å². The van der Waals surface area contributed by atoms with Crippen molar-refractivity contribution in [3.63, 3.8) is 0 Å². The van der Waals surface area contributed by atoms with Crippen molar-refractivity contribution >= 4 is 28.3 Å². The molecule has 30 heavy (non-hydrogen) atoms. The molecule has 0 atom stereocenters. The van der Waals surface area contributed by atoms with Gasteiger partial charge in [0.15, 0.2) is 5.06 Å². The van der Waals surface area contributed by atoms with Crippen LogP contribution in [0.4, 0.5) is 4.79 Å². The lowest BCUT2D eigenvalue weighted by Crippen LogP contribution is -2.24. The van der Waals surface area contributed by atoms with Crippen LogP contribution in [0.5, 0.6) is 5.06 Å². The molecule has 1 amide bonds. The van der Waals surface area contributed by atoms with Crippen LogP contribution in [-0.4, -0.2) is 24.1 Å². The molecule has 160 valence electrons. The second kappa shape index (κ2) is 9.44. The third-order valence-corrected chi connectivity index (χ3v) is 5.98. The first-order chi connectivity index (χ1) is 14.2. The highest BCUT2D eigenvalue weighted by atomic mass is 32.2. The quantitative estimate of drug-likeness (QED) is 0.533. The van der Waals surface area contributed by atoms with E-state index in [1.165, 1.54) is 11.3 Å². The number of hydrogen-bond acceptors (Lipinski definition) is 6. The zero-order valence-electron chi connectivity index (χ0n) is 17.3. The maximum absolute atomic E-state index is 11.9. The molecule has 7 nitrogen and oxygen atoms in total. The molecule has 1 aromatic carbocycles. The Kier molecular flexibility index (Phi) is 6.94. The van der Waals surface area contributed by atoms with Crippen LogP contribution >= 0.6 is 11.3 Å². The van der Waals surface area contributed by atoms with E-state index in [0.29, 0.717) is 11.0 Å². The largest absolute Gasteiger partial charge is 0.426 e. The van der Waals surface area contributed by atoms with Gasteiger partial charge in [0.05, 0.1) is 0 Å². The number of nitrogens with zero attached hydrogens (tertiary/aromatic N) is 2. The van der Waals surface area contributed by atoms with Crippen LogP contribution in [0.15, 0.2) is 36.7 Å². The number of ether oxygens (including phenoxy) is 1. The molecule has 0 unspecified atom stereocenters. The first kappa shape index (κ1) is 22.0. The Morgan fingerprint density at radius 2 is 2.00 bits per heavy atom. The minimum Gasteiger partial charge on any atom is -0.398 e.